The smallest absolute Gasteiger partial charge is 0.248 e. The molecule has 5 rings (SSSR count). The second-order valence-electron chi connectivity index (χ2n) is 8.78. The Morgan fingerprint density at radius 2 is 1.94 bits per heavy atom. The average molecular weight is 535 g/mol. The van der Waals surface area contributed by atoms with Gasteiger partial charge in [-0.2, -0.15) is 11.3 Å². The zero-order valence-electron chi connectivity index (χ0n) is 18.4. The first-order valence-corrected chi connectivity index (χ1v) is 13.2. The van der Waals surface area contributed by atoms with Crippen LogP contribution < -0.4 is 10.1 Å². The Kier molecular flexibility index (Phi) is 6.59. The first kappa shape index (κ1) is 24.2. The summed E-state index contributed by atoms with van der Waals surface area (Å²) in [5.74, 6) is -3.24. The van der Waals surface area contributed by atoms with E-state index in [-0.39, 0.29) is 43.5 Å². The summed E-state index contributed by atoms with van der Waals surface area (Å²) in [5, 5.41) is 6.34. The van der Waals surface area contributed by atoms with E-state index < -0.39 is 22.6 Å². The number of hydrogen-bond acceptors (Lipinski definition) is 6. The molecule has 0 spiro atoms. The van der Waals surface area contributed by atoms with Crippen molar-refractivity contribution >= 4 is 46.4 Å². The molecular formula is C25H21ClF2N2O3S2. The molecule has 182 valence electrons. The van der Waals surface area contributed by atoms with Gasteiger partial charge in [0.25, 0.3) is 0 Å². The number of piperidine rings is 1. The fourth-order valence-electron chi connectivity index (χ4n) is 4.43. The highest BCUT2D eigenvalue weighted by atomic mass is 35.5. The lowest BCUT2D eigenvalue weighted by Crippen LogP contribution is -2.58. The molecule has 1 aliphatic carbocycles. The Morgan fingerprint density at radius 3 is 2.63 bits per heavy atom. The lowest BCUT2D eigenvalue weighted by Gasteiger charge is -2.39. The SMILES string of the molecule is O=C1CC(c2ccsc2)(c2cccc(OCC3CC(F)(F)C3)n2)NC(=O)C1Sc1ccccc1Cl. The van der Waals surface area contributed by atoms with Crippen LogP contribution in [0.2, 0.25) is 5.02 Å². The van der Waals surface area contributed by atoms with Gasteiger partial charge in [0.2, 0.25) is 17.7 Å². The van der Waals surface area contributed by atoms with Crippen LogP contribution in [0, 0.1) is 5.92 Å². The number of thiophene rings is 1. The number of hydrogen-bond donors (Lipinski definition) is 1. The third-order valence-corrected chi connectivity index (χ3v) is 8.65. The van der Waals surface area contributed by atoms with Gasteiger partial charge in [-0.05, 0) is 40.6 Å². The molecule has 2 atom stereocenters. The minimum Gasteiger partial charge on any atom is -0.477 e. The largest absolute Gasteiger partial charge is 0.477 e. The minimum atomic E-state index is -2.61. The molecule has 2 aliphatic rings. The van der Waals surface area contributed by atoms with Gasteiger partial charge < -0.3 is 10.1 Å². The van der Waals surface area contributed by atoms with Gasteiger partial charge in [-0.1, -0.05) is 29.8 Å². The van der Waals surface area contributed by atoms with Gasteiger partial charge in [0.15, 0.2) is 5.78 Å². The van der Waals surface area contributed by atoms with Crippen LogP contribution in [0.25, 0.3) is 0 Å². The third kappa shape index (κ3) is 4.94. The molecule has 3 aromatic rings. The van der Waals surface area contributed by atoms with Gasteiger partial charge in [0.05, 0.1) is 17.3 Å². The summed E-state index contributed by atoms with van der Waals surface area (Å²) in [4.78, 5) is 31.9. The molecule has 1 N–H and O–H groups in total. The van der Waals surface area contributed by atoms with Gasteiger partial charge in [-0.3, -0.25) is 9.59 Å². The maximum absolute atomic E-state index is 13.4. The predicted octanol–water partition coefficient (Wildman–Crippen LogP) is 5.71. The fourth-order valence-corrected chi connectivity index (χ4v) is 6.40. The zero-order valence-corrected chi connectivity index (χ0v) is 20.8. The van der Waals surface area contributed by atoms with Crippen molar-refractivity contribution in [2.75, 3.05) is 6.61 Å². The number of benzene rings is 1. The number of rotatable bonds is 7. The number of carbonyl (C=O) groups excluding carboxylic acids is 2. The van der Waals surface area contributed by atoms with Crippen molar-refractivity contribution in [1.82, 2.24) is 10.3 Å². The first-order valence-electron chi connectivity index (χ1n) is 11.0. The maximum atomic E-state index is 13.4. The number of pyridine rings is 1. The standard InChI is InChI=1S/C25H21ClF2N2O3S2/c26-17-4-1-2-5-19(17)35-22-18(31)12-25(30-23(22)32,16-8-9-34-14-16)20-6-3-7-21(29-20)33-13-15-10-24(27,28)11-15/h1-9,14-15,22H,10-13H2,(H,30,32). The van der Waals surface area contributed by atoms with Crippen LogP contribution in [0.4, 0.5) is 8.78 Å². The lowest BCUT2D eigenvalue weighted by atomic mass is 9.79. The molecule has 2 aromatic heterocycles. The van der Waals surface area contributed by atoms with Crippen LogP contribution in [-0.2, 0) is 15.1 Å². The van der Waals surface area contributed by atoms with E-state index in [1.807, 2.05) is 16.8 Å². The van der Waals surface area contributed by atoms with Gasteiger partial charge in [0, 0.05) is 36.1 Å². The Balaban J connectivity index is 1.40. The van der Waals surface area contributed by atoms with E-state index >= 15 is 0 Å². The van der Waals surface area contributed by atoms with Gasteiger partial charge >= 0.3 is 0 Å². The maximum Gasteiger partial charge on any atom is 0.248 e. The molecule has 5 nitrogen and oxygen atoms in total. The average Bonchev–Trinajstić information content (AvgIpc) is 3.35. The molecule has 3 heterocycles. The summed E-state index contributed by atoms with van der Waals surface area (Å²) >= 11 is 8.82. The molecule has 1 saturated heterocycles. The Bertz CT molecular complexity index is 1230. The van der Waals surface area contributed by atoms with Crippen LogP contribution in [0.15, 0.2) is 64.2 Å². The van der Waals surface area contributed by atoms with Crippen molar-refractivity contribution < 1.29 is 23.1 Å². The number of thioether (sulfide) groups is 1. The highest BCUT2D eigenvalue weighted by Crippen LogP contribution is 2.43. The van der Waals surface area contributed by atoms with E-state index in [9.17, 15) is 18.4 Å². The summed E-state index contributed by atoms with van der Waals surface area (Å²) in [7, 11) is 0. The second-order valence-corrected chi connectivity index (χ2v) is 11.1. The number of ketones is 1. The number of aromatic nitrogens is 1. The van der Waals surface area contributed by atoms with Gasteiger partial charge in [-0.25, -0.2) is 13.8 Å². The summed E-state index contributed by atoms with van der Waals surface area (Å²) < 4.78 is 32.0. The molecule has 1 aromatic carbocycles. The Morgan fingerprint density at radius 1 is 1.14 bits per heavy atom. The molecule has 0 bridgehead atoms. The predicted molar refractivity (Wildman–Crippen MR) is 131 cm³/mol. The third-order valence-electron chi connectivity index (χ3n) is 6.20. The summed E-state index contributed by atoms with van der Waals surface area (Å²) in [6, 6.07) is 14.0. The second kappa shape index (κ2) is 9.52. The van der Waals surface area contributed by atoms with Crippen molar-refractivity contribution in [3.63, 3.8) is 0 Å². The number of nitrogens with one attached hydrogen (secondary N) is 1. The quantitative estimate of drug-likeness (QED) is 0.393. The van der Waals surface area contributed by atoms with Crippen LogP contribution >= 0.6 is 34.7 Å². The van der Waals surface area contributed by atoms with Crippen molar-refractivity contribution in [1.29, 1.82) is 0 Å². The molecule has 2 fully saturated rings. The molecule has 35 heavy (non-hydrogen) atoms. The van der Waals surface area contributed by atoms with Gasteiger partial charge in [0.1, 0.15) is 10.8 Å². The molecule has 0 radical (unpaired) electrons. The number of carbonyl (C=O) groups is 2. The minimum absolute atomic E-state index is 0.00287. The topological polar surface area (TPSA) is 68.3 Å². The van der Waals surface area contributed by atoms with E-state index in [2.05, 4.69) is 10.3 Å². The highest BCUT2D eigenvalue weighted by molar-refractivity contribution is 8.01. The number of alkyl halides is 2. The Labute approximate surface area is 214 Å². The number of nitrogens with zero attached hydrogens (tertiary/aromatic N) is 1. The fraction of sp³-hybridized carbons (Fsp3) is 0.320. The molecule has 2 unspecified atom stereocenters. The van der Waals surface area contributed by atoms with Crippen molar-refractivity contribution in [3.8, 4) is 5.88 Å². The van der Waals surface area contributed by atoms with Crippen LogP contribution in [0.5, 0.6) is 5.88 Å². The molecule has 1 amide bonds. The normalized spacial score (nSPS) is 24.0. The van der Waals surface area contributed by atoms with E-state index in [4.69, 9.17) is 16.3 Å². The van der Waals surface area contributed by atoms with Crippen LogP contribution in [0.3, 0.4) is 0 Å². The molecule has 1 aliphatic heterocycles. The van der Waals surface area contributed by atoms with Crippen LogP contribution in [-0.4, -0.2) is 34.5 Å². The number of amides is 1. The summed E-state index contributed by atoms with van der Waals surface area (Å²) in [6.07, 6.45) is -0.385. The van der Waals surface area contributed by atoms with E-state index in [1.54, 1.807) is 42.5 Å². The number of ether oxygens (including phenoxy) is 1. The molecule has 10 heteroatoms. The van der Waals surface area contributed by atoms with Crippen molar-refractivity contribution in [3.05, 3.63) is 75.6 Å². The number of halogens is 3. The van der Waals surface area contributed by atoms with Gasteiger partial charge in [-0.15, -0.1) is 11.8 Å². The first-order chi connectivity index (χ1) is 16.8. The molecule has 1 saturated carbocycles. The molecular weight excluding hydrogens is 514 g/mol. The monoisotopic (exact) mass is 534 g/mol. The zero-order chi connectivity index (χ0) is 24.6. The van der Waals surface area contributed by atoms with E-state index in [0.717, 1.165) is 17.3 Å². The van der Waals surface area contributed by atoms with Crippen molar-refractivity contribution in [2.24, 2.45) is 5.92 Å². The lowest BCUT2D eigenvalue weighted by molar-refractivity contribution is -0.133. The summed E-state index contributed by atoms with van der Waals surface area (Å²) in [5.41, 5.74) is 0.0399. The Hall–Kier alpha value is -2.49. The number of Topliss-reactive ketones (excluding diaryl/α,β-unsaturated/α-hetero) is 1. The summed E-state index contributed by atoms with van der Waals surface area (Å²) in [6.45, 7) is 0.138. The highest BCUT2D eigenvalue weighted by Gasteiger charge is 2.49. The van der Waals surface area contributed by atoms with E-state index in [0.29, 0.717) is 15.6 Å². The van der Waals surface area contributed by atoms with E-state index in [1.165, 1.54) is 11.3 Å². The van der Waals surface area contributed by atoms with Crippen LogP contribution in [0.1, 0.15) is 30.5 Å². The van der Waals surface area contributed by atoms with Crippen molar-refractivity contribution in [2.45, 2.75) is 40.9 Å².